The molecule has 0 aliphatic carbocycles. The van der Waals surface area contributed by atoms with Crippen LogP contribution in [0.25, 0.3) is 21.8 Å². The second-order valence-electron chi connectivity index (χ2n) is 12.3. The summed E-state index contributed by atoms with van der Waals surface area (Å²) in [5.74, 6) is -3.76. The van der Waals surface area contributed by atoms with Crippen molar-refractivity contribution in [3.8, 4) is 11.5 Å². The lowest BCUT2D eigenvalue weighted by Crippen LogP contribution is -2.07. The number of aromatic nitrogens is 2. The maximum Gasteiger partial charge on any atom is 0.336 e. The molecule has 6 N–H and O–H groups in total. The third-order valence-corrected chi connectivity index (χ3v) is 8.90. The largest absolute Gasteiger partial charge is 0.508 e. The molecular formula is C40H38N2O10. The normalized spacial score (nSPS) is 11.0. The van der Waals surface area contributed by atoms with Crippen LogP contribution in [-0.4, -0.2) is 63.7 Å². The number of phenols is 2. The molecule has 0 saturated carbocycles. The fourth-order valence-electron chi connectivity index (χ4n) is 6.85. The summed E-state index contributed by atoms with van der Waals surface area (Å²) in [7, 11) is 0. The molecule has 12 heteroatoms. The molecule has 0 saturated heterocycles. The zero-order valence-corrected chi connectivity index (χ0v) is 28.5. The van der Waals surface area contributed by atoms with Gasteiger partial charge in [0.1, 0.15) is 11.5 Å². The molecule has 0 amide bonds. The van der Waals surface area contributed by atoms with E-state index in [1.54, 1.807) is 60.7 Å². The second-order valence-corrected chi connectivity index (χ2v) is 12.3. The quantitative estimate of drug-likeness (QED) is 0.0809. The van der Waals surface area contributed by atoms with Crippen molar-refractivity contribution in [2.75, 3.05) is 0 Å². The van der Waals surface area contributed by atoms with Crippen LogP contribution in [0.2, 0.25) is 0 Å². The van der Waals surface area contributed by atoms with Gasteiger partial charge in [-0.1, -0.05) is 50.2 Å². The molecule has 0 bridgehead atoms. The highest BCUT2D eigenvalue weighted by molar-refractivity contribution is 6.06. The second kappa shape index (κ2) is 15.5. The summed E-state index contributed by atoms with van der Waals surface area (Å²) in [5.41, 5.74) is 6.19. The van der Waals surface area contributed by atoms with Gasteiger partial charge in [0, 0.05) is 46.3 Å². The van der Waals surface area contributed by atoms with Gasteiger partial charge in [0.15, 0.2) is 0 Å². The van der Waals surface area contributed by atoms with Gasteiger partial charge in [-0.2, -0.15) is 0 Å². The Balaban J connectivity index is 0.000000201. The van der Waals surface area contributed by atoms with E-state index in [4.69, 9.17) is 0 Å². The molecule has 0 aliphatic heterocycles. The minimum atomic E-state index is -1.08. The van der Waals surface area contributed by atoms with Crippen LogP contribution in [0.1, 0.15) is 68.2 Å². The Bertz CT molecular complexity index is 2280. The summed E-state index contributed by atoms with van der Waals surface area (Å²) in [6.45, 7) is 4.68. The Labute approximate surface area is 298 Å². The molecular weight excluding hydrogens is 668 g/mol. The van der Waals surface area contributed by atoms with Gasteiger partial charge in [0.2, 0.25) is 0 Å². The Kier molecular flexibility index (Phi) is 11.0. The van der Waals surface area contributed by atoms with Crippen LogP contribution in [0, 0.1) is 0 Å². The zero-order valence-electron chi connectivity index (χ0n) is 28.5. The van der Waals surface area contributed by atoms with Crippen molar-refractivity contribution >= 4 is 45.7 Å². The Hall–Kier alpha value is -6.56. The van der Waals surface area contributed by atoms with Crippen molar-refractivity contribution in [2.45, 2.75) is 52.6 Å². The highest BCUT2D eigenvalue weighted by Crippen LogP contribution is 2.32. The molecule has 4 aromatic carbocycles. The smallest absolute Gasteiger partial charge is 0.336 e. The van der Waals surface area contributed by atoms with Crippen LogP contribution in [0.15, 0.2) is 84.9 Å². The monoisotopic (exact) mass is 706 g/mol. The van der Waals surface area contributed by atoms with Crippen molar-refractivity contribution in [1.29, 1.82) is 0 Å². The van der Waals surface area contributed by atoms with E-state index in [0.29, 0.717) is 53.5 Å². The molecule has 0 aliphatic rings. The Morgan fingerprint density at radius 2 is 1.10 bits per heavy atom. The molecule has 6 aromatic rings. The van der Waals surface area contributed by atoms with E-state index in [9.17, 15) is 49.8 Å². The van der Waals surface area contributed by atoms with Crippen LogP contribution < -0.4 is 0 Å². The van der Waals surface area contributed by atoms with Gasteiger partial charge in [-0.05, 0) is 83.6 Å². The molecule has 0 spiro atoms. The maximum absolute atomic E-state index is 11.7. The first-order valence-electron chi connectivity index (χ1n) is 16.6. The predicted octanol–water partition coefficient (Wildman–Crippen LogP) is 6.57. The lowest BCUT2D eigenvalue weighted by atomic mass is 10.0. The SMILES string of the molecule is CCc1c(CC(=O)O)c2c(C(=O)O)cccc2n1Cc1cccc(O)c1.CCc1c(CC(=O)O)c2ccc(C(=O)O)cc2n1Cc1cccc(O)c1. The number of benzene rings is 4. The predicted molar refractivity (Wildman–Crippen MR) is 194 cm³/mol. The number of aromatic hydroxyl groups is 2. The van der Waals surface area contributed by atoms with Crippen LogP contribution in [0.5, 0.6) is 11.5 Å². The number of fused-ring (bicyclic) bond motifs is 2. The highest BCUT2D eigenvalue weighted by atomic mass is 16.4. The molecule has 268 valence electrons. The van der Waals surface area contributed by atoms with Gasteiger partial charge in [0.25, 0.3) is 0 Å². The van der Waals surface area contributed by atoms with E-state index in [0.717, 1.165) is 27.9 Å². The van der Waals surface area contributed by atoms with Crippen molar-refractivity contribution in [1.82, 2.24) is 9.13 Å². The number of phenolic OH excluding ortho intramolecular Hbond substituents is 2. The van der Waals surface area contributed by atoms with Crippen molar-refractivity contribution < 1.29 is 49.8 Å². The van der Waals surface area contributed by atoms with Gasteiger partial charge in [-0.25, -0.2) is 9.59 Å². The average Bonchev–Trinajstić information content (AvgIpc) is 3.54. The van der Waals surface area contributed by atoms with Gasteiger partial charge in [-0.15, -0.1) is 0 Å². The van der Waals surface area contributed by atoms with Crippen molar-refractivity contribution in [2.24, 2.45) is 0 Å². The molecule has 0 radical (unpaired) electrons. The molecule has 0 unspecified atom stereocenters. The number of carboxylic acids is 4. The number of carboxylic acid groups (broad SMARTS) is 4. The lowest BCUT2D eigenvalue weighted by Gasteiger charge is -2.11. The fourth-order valence-corrected chi connectivity index (χ4v) is 6.85. The number of aromatic carboxylic acids is 2. The van der Waals surface area contributed by atoms with E-state index in [1.165, 1.54) is 12.1 Å². The summed E-state index contributed by atoms with van der Waals surface area (Å²) < 4.78 is 3.88. The molecule has 12 nitrogen and oxygen atoms in total. The highest BCUT2D eigenvalue weighted by Gasteiger charge is 2.23. The lowest BCUT2D eigenvalue weighted by molar-refractivity contribution is -0.137. The molecule has 2 aromatic heterocycles. The van der Waals surface area contributed by atoms with Gasteiger partial charge in [0.05, 0.1) is 24.0 Å². The first-order valence-corrected chi connectivity index (χ1v) is 16.6. The molecule has 0 atom stereocenters. The maximum atomic E-state index is 11.7. The molecule has 6 rings (SSSR count). The Morgan fingerprint density at radius 1 is 0.577 bits per heavy atom. The number of rotatable bonds is 12. The van der Waals surface area contributed by atoms with E-state index >= 15 is 0 Å². The summed E-state index contributed by atoms with van der Waals surface area (Å²) in [4.78, 5) is 45.8. The minimum absolute atomic E-state index is 0.100. The third kappa shape index (κ3) is 7.76. The molecule has 52 heavy (non-hydrogen) atoms. The van der Waals surface area contributed by atoms with E-state index < -0.39 is 23.9 Å². The van der Waals surface area contributed by atoms with Gasteiger partial charge in [-0.3, -0.25) is 9.59 Å². The standard InChI is InChI=1S/2C20H19NO5/c1-2-16-15(10-18(23)24)19-14(20(25)26)7-4-8-17(19)21(16)11-12-5-3-6-13(22)9-12;1-2-17-16(10-19(23)24)15-7-6-13(20(25)26)9-18(15)21(17)11-12-4-3-5-14(22)8-12/h2*3-9,22H,2,10-11H2,1H3,(H,23,24)(H,25,26). The fraction of sp³-hybridized carbons (Fsp3) is 0.200. The van der Waals surface area contributed by atoms with Crippen LogP contribution >= 0.6 is 0 Å². The zero-order chi connectivity index (χ0) is 37.7. The topological polar surface area (TPSA) is 200 Å². The molecule has 2 heterocycles. The number of nitrogens with zero attached hydrogens (tertiary/aromatic N) is 2. The number of hydrogen-bond donors (Lipinski definition) is 6. The first-order chi connectivity index (χ1) is 24.8. The van der Waals surface area contributed by atoms with Crippen LogP contribution in [-0.2, 0) is 48.4 Å². The molecule has 0 fully saturated rings. The summed E-state index contributed by atoms with van der Waals surface area (Å²) >= 11 is 0. The Morgan fingerprint density at radius 3 is 1.60 bits per heavy atom. The summed E-state index contributed by atoms with van der Waals surface area (Å²) in [6, 6.07) is 23.4. The van der Waals surface area contributed by atoms with Crippen molar-refractivity contribution in [3.05, 3.63) is 130 Å². The van der Waals surface area contributed by atoms with Crippen LogP contribution in [0.4, 0.5) is 0 Å². The number of aliphatic carboxylic acids is 2. The van der Waals surface area contributed by atoms with Gasteiger partial charge < -0.3 is 39.8 Å². The van der Waals surface area contributed by atoms with E-state index in [1.807, 2.05) is 35.1 Å². The average molecular weight is 707 g/mol. The van der Waals surface area contributed by atoms with Crippen LogP contribution in [0.3, 0.4) is 0 Å². The first kappa shape index (κ1) is 36.7. The summed E-state index contributed by atoms with van der Waals surface area (Å²) in [6.07, 6.45) is 0.809. The minimum Gasteiger partial charge on any atom is -0.508 e. The third-order valence-electron chi connectivity index (χ3n) is 8.90. The van der Waals surface area contributed by atoms with Gasteiger partial charge >= 0.3 is 23.9 Å². The van der Waals surface area contributed by atoms with E-state index in [2.05, 4.69) is 0 Å². The number of carbonyl (C=O) groups is 4. The summed E-state index contributed by atoms with van der Waals surface area (Å²) in [5, 5.41) is 58.1. The van der Waals surface area contributed by atoms with E-state index in [-0.39, 0.29) is 35.5 Å². The van der Waals surface area contributed by atoms with Crippen molar-refractivity contribution in [3.63, 3.8) is 0 Å². The number of hydrogen-bond acceptors (Lipinski definition) is 6.